The minimum Gasteiger partial charge on any atom is -0.355 e. The van der Waals surface area contributed by atoms with E-state index in [2.05, 4.69) is 9.97 Å². The third kappa shape index (κ3) is 1.64. The average molecular weight is 166 g/mol. The number of aromatic amines is 1. The molecule has 1 aromatic rings. The van der Waals surface area contributed by atoms with E-state index in [9.17, 15) is 0 Å². The first-order chi connectivity index (χ1) is 5.79. The standard InChI is InChI=1S/C8H14N4/c1-3-12(4-2)7(9)8-10-5-6-11-8/h5-6,9H,3-4H2,1-2H3,(H,10,11). The summed E-state index contributed by atoms with van der Waals surface area (Å²) >= 11 is 0. The van der Waals surface area contributed by atoms with Crippen LogP contribution in [0.2, 0.25) is 0 Å². The molecule has 0 radical (unpaired) electrons. The van der Waals surface area contributed by atoms with Crippen LogP contribution in [0.3, 0.4) is 0 Å². The molecule has 12 heavy (non-hydrogen) atoms. The van der Waals surface area contributed by atoms with E-state index in [0.29, 0.717) is 11.7 Å². The summed E-state index contributed by atoms with van der Waals surface area (Å²) in [5, 5.41) is 7.74. The number of imidazole rings is 1. The van der Waals surface area contributed by atoms with Gasteiger partial charge in [-0.3, -0.25) is 5.41 Å². The number of rotatable bonds is 3. The first kappa shape index (κ1) is 8.77. The molecule has 0 saturated heterocycles. The molecule has 0 aliphatic rings. The van der Waals surface area contributed by atoms with Gasteiger partial charge in [0.1, 0.15) is 0 Å². The van der Waals surface area contributed by atoms with Crippen LogP contribution < -0.4 is 0 Å². The largest absolute Gasteiger partial charge is 0.355 e. The van der Waals surface area contributed by atoms with Crippen LogP contribution >= 0.6 is 0 Å². The van der Waals surface area contributed by atoms with Gasteiger partial charge in [-0.15, -0.1) is 0 Å². The minimum absolute atomic E-state index is 0.463. The number of hydrogen-bond acceptors (Lipinski definition) is 2. The van der Waals surface area contributed by atoms with Crippen LogP contribution in [0.1, 0.15) is 19.7 Å². The van der Waals surface area contributed by atoms with Gasteiger partial charge in [-0.1, -0.05) is 0 Å². The Hall–Kier alpha value is -1.32. The van der Waals surface area contributed by atoms with Crippen molar-refractivity contribution >= 4 is 5.84 Å². The van der Waals surface area contributed by atoms with E-state index in [1.54, 1.807) is 12.4 Å². The highest BCUT2D eigenvalue weighted by molar-refractivity contribution is 5.92. The van der Waals surface area contributed by atoms with Gasteiger partial charge in [0.25, 0.3) is 0 Å². The number of aromatic nitrogens is 2. The number of H-pyrrole nitrogens is 1. The van der Waals surface area contributed by atoms with E-state index in [-0.39, 0.29) is 0 Å². The Morgan fingerprint density at radius 2 is 2.25 bits per heavy atom. The third-order valence-electron chi connectivity index (χ3n) is 1.80. The highest BCUT2D eigenvalue weighted by atomic mass is 15.2. The van der Waals surface area contributed by atoms with Crippen LogP contribution in [0.15, 0.2) is 12.4 Å². The lowest BCUT2D eigenvalue weighted by Crippen LogP contribution is -2.31. The summed E-state index contributed by atoms with van der Waals surface area (Å²) in [5.41, 5.74) is 0. The quantitative estimate of drug-likeness (QED) is 0.521. The molecule has 0 amide bonds. The number of hydrogen-bond donors (Lipinski definition) is 2. The zero-order chi connectivity index (χ0) is 8.97. The molecule has 0 unspecified atom stereocenters. The van der Waals surface area contributed by atoms with Crippen molar-refractivity contribution in [2.24, 2.45) is 0 Å². The molecule has 0 fully saturated rings. The fourth-order valence-corrected chi connectivity index (χ4v) is 1.08. The maximum absolute atomic E-state index is 7.74. The van der Waals surface area contributed by atoms with Gasteiger partial charge in [-0.25, -0.2) is 4.98 Å². The number of nitrogens with zero attached hydrogens (tertiary/aromatic N) is 2. The van der Waals surface area contributed by atoms with E-state index in [4.69, 9.17) is 5.41 Å². The van der Waals surface area contributed by atoms with E-state index < -0.39 is 0 Å². The average Bonchev–Trinajstić information content (AvgIpc) is 2.58. The minimum atomic E-state index is 0.463. The van der Waals surface area contributed by atoms with Crippen molar-refractivity contribution in [3.05, 3.63) is 18.2 Å². The summed E-state index contributed by atoms with van der Waals surface area (Å²) < 4.78 is 0. The lowest BCUT2D eigenvalue weighted by atomic mass is 10.4. The summed E-state index contributed by atoms with van der Waals surface area (Å²) in [7, 11) is 0. The monoisotopic (exact) mass is 166 g/mol. The van der Waals surface area contributed by atoms with Crippen LogP contribution in [-0.4, -0.2) is 33.8 Å². The smallest absolute Gasteiger partial charge is 0.172 e. The van der Waals surface area contributed by atoms with Crippen LogP contribution in [0, 0.1) is 5.41 Å². The van der Waals surface area contributed by atoms with Crippen molar-refractivity contribution in [1.29, 1.82) is 5.41 Å². The van der Waals surface area contributed by atoms with Crippen molar-refractivity contribution in [3.8, 4) is 0 Å². The molecule has 4 nitrogen and oxygen atoms in total. The van der Waals surface area contributed by atoms with Gasteiger partial charge in [0.15, 0.2) is 11.7 Å². The van der Waals surface area contributed by atoms with Crippen LogP contribution in [-0.2, 0) is 0 Å². The van der Waals surface area contributed by atoms with Gasteiger partial charge < -0.3 is 9.88 Å². The molecular weight excluding hydrogens is 152 g/mol. The molecule has 66 valence electrons. The van der Waals surface area contributed by atoms with Crippen molar-refractivity contribution < 1.29 is 0 Å². The van der Waals surface area contributed by atoms with Crippen molar-refractivity contribution in [2.75, 3.05) is 13.1 Å². The molecule has 0 aliphatic heterocycles. The van der Waals surface area contributed by atoms with Gasteiger partial charge in [-0.2, -0.15) is 0 Å². The molecular formula is C8H14N4. The Morgan fingerprint density at radius 1 is 1.58 bits per heavy atom. The van der Waals surface area contributed by atoms with E-state index in [0.717, 1.165) is 13.1 Å². The summed E-state index contributed by atoms with van der Waals surface area (Å²) in [5.74, 6) is 1.10. The lowest BCUT2D eigenvalue weighted by molar-refractivity contribution is 0.461. The molecule has 2 N–H and O–H groups in total. The van der Waals surface area contributed by atoms with E-state index in [1.807, 2.05) is 18.7 Å². The fourth-order valence-electron chi connectivity index (χ4n) is 1.08. The Balaban J connectivity index is 2.70. The lowest BCUT2D eigenvalue weighted by Gasteiger charge is -2.19. The van der Waals surface area contributed by atoms with Gasteiger partial charge in [-0.05, 0) is 13.8 Å². The molecule has 0 saturated carbocycles. The van der Waals surface area contributed by atoms with Crippen LogP contribution in [0.4, 0.5) is 0 Å². The van der Waals surface area contributed by atoms with Crippen molar-refractivity contribution in [2.45, 2.75) is 13.8 Å². The summed E-state index contributed by atoms with van der Waals surface area (Å²) in [6.45, 7) is 5.74. The second kappa shape index (κ2) is 3.90. The van der Waals surface area contributed by atoms with Crippen LogP contribution in [0.25, 0.3) is 0 Å². The zero-order valence-corrected chi connectivity index (χ0v) is 7.46. The summed E-state index contributed by atoms with van der Waals surface area (Å²) in [6.07, 6.45) is 3.39. The van der Waals surface area contributed by atoms with Crippen molar-refractivity contribution in [1.82, 2.24) is 14.9 Å². The maximum atomic E-state index is 7.74. The Morgan fingerprint density at radius 3 is 2.67 bits per heavy atom. The topological polar surface area (TPSA) is 55.8 Å². The van der Waals surface area contributed by atoms with E-state index >= 15 is 0 Å². The first-order valence-corrected chi connectivity index (χ1v) is 4.12. The van der Waals surface area contributed by atoms with Gasteiger partial charge >= 0.3 is 0 Å². The van der Waals surface area contributed by atoms with Gasteiger partial charge in [0, 0.05) is 25.5 Å². The highest BCUT2D eigenvalue weighted by Crippen LogP contribution is 1.97. The predicted molar refractivity (Wildman–Crippen MR) is 48.3 cm³/mol. The molecule has 0 spiro atoms. The molecule has 4 heteroatoms. The Kier molecular flexibility index (Phi) is 2.85. The molecule has 1 aromatic heterocycles. The maximum Gasteiger partial charge on any atom is 0.172 e. The number of nitrogens with one attached hydrogen (secondary N) is 2. The first-order valence-electron chi connectivity index (χ1n) is 4.12. The SMILES string of the molecule is CCN(CC)C(=N)c1ncc[nH]1. The summed E-state index contributed by atoms with van der Waals surface area (Å²) in [6, 6.07) is 0. The molecule has 0 aliphatic carbocycles. The third-order valence-corrected chi connectivity index (χ3v) is 1.80. The van der Waals surface area contributed by atoms with E-state index in [1.165, 1.54) is 0 Å². The Labute approximate surface area is 72.1 Å². The highest BCUT2D eigenvalue weighted by Gasteiger charge is 2.08. The second-order valence-electron chi connectivity index (χ2n) is 2.46. The van der Waals surface area contributed by atoms with Gasteiger partial charge in [0.2, 0.25) is 0 Å². The molecule has 0 atom stereocenters. The van der Waals surface area contributed by atoms with Gasteiger partial charge in [0.05, 0.1) is 0 Å². The normalized spacial score (nSPS) is 9.83. The molecule has 1 heterocycles. The molecule has 0 bridgehead atoms. The second-order valence-corrected chi connectivity index (χ2v) is 2.46. The van der Waals surface area contributed by atoms with Crippen LogP contribution in [0.5, 0.6) is 0 Å². The summed E-state index contributed by atoms with van der Waals surface area (Å²) in [4.78, 5) is 8.86. The Bertz CT molecular complexity index is 236. The molecule has 0 aromatic carbocycles. The fraction of sp³-hybridized carbons (Fsp3) is 0.500. The number of amidine groups is 1. The zero-order valence-electron chi connectivity index (χ0n) is 7.46. The van der Waals surface area contributed by atoms with Crippen molar-refractivity contribution in [3.63, 3.8) is 0 Å². The molecule has 1 rings (SSSR count). The predicted octanol–water partition coefficient (Wildman–Crippen LogP) is 1.08.